The number of H-pyrrole nitrogens is 1. The Labute approximate surface area is 713 Å². The number of nitrogens with zero attached hydrogens (tertiary/aromatic N) is 5. The van der Waals surface area contributed by atoms with E-state index in [2.05, 4.69) is 52.8 Å². The van der Waals surface area contributed by atoms with E-state index in [9.17, 15) is 63.0 Å². The average Bonchev–Trinajstić information content (AvgIpc) is 1.79. The van der Waals surface area contributed by atoms with Gasteiger partial charge in [0.2, 0.25) is 88.6 Å². The number of fused-ring (bicyclic) bond motifs is 1. The zero-order valence-electron chi connectivity index (χ0n) is 70.6. The highest BCUT2D eigenvalue weighted by Crippen LogP contribution is 2.24. The fourth-order valence-electron chi connectivity index (χ4n) is 14.0. The monoisotopic (exact) mass is 1700 g/mol. The highest BCUT2D eigenvalue weighted by Gasteiger charge is 2.42. The van der Waals surface area contributed by atoms with E-state index in [0.717, 1.165) is 26.5 Å². The van der Waals surface area contributed by atoms with Crippen molar-refractivity contribution in [2.24, 2.45) is 17.6 Å². The summed E-state index contributed by atoms with van der Waals surface area (Å²) in [7, 11) is 6.56. The first kappa shape index (κ1) is 96.4. The average molecular weight is 1700 g/mol. The number of aromatic amines is 1. The molecule has 0 aliphatic carbocycles. The molecule has 1 fully saturated rings. The van der Waals surface area contributed by atoms with Crippen LogP contribution >= 0.6 is 11.8 Å². The van der Waals surface area contributed by atoms with Crippen molar-refractivity contribution in [1.29, 1.82) is 0 Å². The van der Waals surface area contributed by atoms with Crippen LogP contribution in [0.4, 0.5) is 0 Å². The van der Waals surface area contributed by atoms with E-state index in [1.807, 2.05) is 6.92 Å². The minimum atomic E-state index is -1.89. The Hall–Kier alpha value is -12.7. The summed E-state index contributed by atoms with van der Waals surface area (Å²) in [5.74, 6) is -16.8. The number of aromatic hydroxyl groups is 1. The summed E-state index contributed by atoms with van der Waals surface area (Å²) in [5.41, 5.74) is 8.78. The molecule has 7 rings (SSSR count). The van der Waals surface area contributed by atoms with Crippen LogP contribution in [0.2, 0.25) is 0 Å². The number of para-hydroxylation sites is 1. The quantitative estimate of drug-likeness (QED) is 0.0484. The van der Waals surface area contributed by atoms with Crippen LogP contribution in [0.15, 0.2) is 146 Å². The molecule has 5 aromatic carbocycles. The van der Waals surface area contributed by atoms with Gasteiger partial charge in [-0.25, -0.2) is 0 Å². The van der Waals surface area contributed by atoms with E-state index in [-0.39, 0.29) is 62.4 Å². The van der Waals surface area contributed by atoms with Gasteiger partial charge >= 0.3 is 5.97 Å². The van der Waals surface area contributed by atoms with Gasteiger partial charge in [0, 0.05) is 90.2 Å². The van der Waals surface area contributed by atoms with Gasteiger partial charge in [-0.3, -0.25) is 76.7 Å². The Kier molecular flexibility index (Phi) is 37.0. The van der Waals surface area contributed by atoms with Crippen molar-refractivity contribution in [3.8, 4) is 5.75 Å². The molecular weight excluding hydrogens is 1590 g/mol. The van der Waals surface area contributed by atoms with E-state index < -0.39 is 199 Å². The highest BCUT2D eigenvalue weighted by molar-refractivity contribution is 8.00. The van der Waals surface area contributed by atoms with Crippen LogP contribution in [0.25, 0.3) is 10.9 Å². The van der Waals surface area contributed by atoms with E-state index in [4.69, 9.17) is 5.73 Å². The first-order valence-corrected chi connectivity index (χ1v) is 41.6. The summed E-state index contributed by atoms with van der Waals surface area (Å²) in [6.45, 7) is 7.60. The minimum absolute atomic E-state index is 0.0353. The summed E-state index contributed by atoms with van der Waals surface area (Å²) >= 11 is 0.845. The molecule has 122 heavy (non-hydrogen) atoms. The maximum absolute atomic E-state index is 15.5. The molecule has 1 aliphatic heterocycles. The van der Waals surface area contributed by atoms with Crippen molar-refractivity contribution >= 4 is 117 Å². The van der Waals surface area contributed by atoms with Crippen LogP contribution in [0.1, 0.15) is 101 Å². The number of hydrogen-bond acceptors (Lipinski definition) is 18. The SMILES string of the molecule is CCCC[C@H]1C(=O)N(C)CC(=O)N[C@@H](CC(=O)O)C(=O)N[C@@H](C(C)C)C(=O)N(C)[C@@H](Cc2ccccc2)C(=O)N[C@@H](Cc2ccc(O)cc2)C(=O)N(C)CC(=O)N[C@@H](Cc2c[nH]c3ccccc23)C(=O)N[C@@H](C)C(=O)N[C@@H](CC(C)C)C(=O)N[C@H](C(=O)NCC(N)=O)CSCC(=O)N[C@@H](Cc2ccccc2)C(=O)N(C)[C@@H](Cc2ccccc2)C(=O)N1C. The molecule has 0 radical (unpaired) electrons. The van der Waals surface area contributed by atoms with Crippen molar-refractivity contribution < 1.29 is 86.9 Å². The molecular formula is C87H114N16O18S. The molecule has 11 atom stereocenters. The van der Waals surface area contributed by atoms with Gasteiger partial charge in [-0.2, -0.15) is 0 Å². The van der Waals surface area contributed by atoms with E-state index in [1.165, 1.54) is 76.2 Å². The molecule has 35 heteroatoms. The number of unbranched alkanes of at least 4 members (excludes halogenated alkanes) is 1. The van der Waals surface area contributed by atoms with Crippen LogP contribution in [-0.2, 0) is 109 Å². The summed E-state index contributed by atoms with van der Waals surface area (Å²) in [5, 5.41) is 44.8. The Morgan fingerprint density at radius 2 is 0.992 bits per heavy atom. The van der Waals surface area contributed by atoms with Crippen LogP contribution < -0.4 is 53.6 Å². The number of benzene rings is 5. The number of likely N-dealkylation sites (N-methyl/N-ethyl adjacent to an activating group) is 5. The maximum atomic E-state index is 15.5. The number of nitrogens with one attached hydrogen (secondary N) is 10. The third-order valence-electron chi connectivity index (χ3n) is 20.8. The molecule has 34 nitrogen and oxygen atoms in total. The number of hydrogen-bond donors (Lipinski definition) is 13. The van der Waals surface area contributed by atoms with Gasteiger partial charge in [-0.15, -0.1) is 11.8 Å². The summed E-state index contributed by atoms with van der Waals surface area (Å²) in [6.07, 6.45) is 0.624. The number of carbonyl (C=O) groups is 16. The number of carboxylic acids is 1. The molecule has 6 aromatic rings. The largest absolute Gasteiger partial charge is 0.508 e. The first-order valence-electron chi connectivity index (χ1n) is 40.4. The number of aromatic nitrogens is 1. The second-order valence-electron chi connectivity index (χ2n) is 31.4. The molecule has 656 valence electrons. The molecule has 0 spiro atoms. The van der Waals surface area contributed by atoms with Gasteiger partial charge in [0.1, 0.15) is 72.2 Å². The number of primary amides is 1. The number of thioether (sulfide) groups is 1. The van der Waals surface area contributed by atoms with Crippen LogP contribution in [0, 0.1) is 11.8 Å². The highest BCUT2D eigenvalue weighted by atomic mass is 32.2. The van der Waals surface area contributed by atoms with Gasteiger partial charge in [-0.1, -0.05) is 169 Å². The van der Waals surface area contributed by atoms with Crippen LogP contribution in [-0.4, -0.2) is 267 Å². The minimum Gasteiger partial charge on any atom is -0.508 e. The summed E-state index contributed by atoms with van der Waals surface area (Å²) in [6, 6.07) is 22.2. The van der Waals surface area contributed by atoms with Crippen molar-refractivity contribution in [3.63, 3.8) is 0 Å². The number of carbonyl (C=O) groups excluding carboxylic acids is 15. The lowest BCUT2D eigenvalue weighted by Gasteiger charge is -2.37. The molecule has 15 amide bonds. The Balaban J connectivity index is 1.29. The van der Waals surface area contributed by atoms with Gasteiger partial charge in [-0.05, 0) is 77.6 Å². The molecule has 2 heterocycles. The Morgan fingerprint density at radius 1 is 0.500 bits per heavy atom. The van der Waals surface area contributed by atoms with Gasteiger partial charge in [0.15, 0.2) is 0 Å². The van der Waals surface area contributed by atoms with Crippen molar-refractivity contribution in [3.05, 3.63) is 174 Å². The molecule has 1 aromatic heterocycles. The first-order chi connectivity index (χ1) is 57.9. The Bertz CT molecular complexity index is 4650. The fourth-order valence-corrected chi connectivity index (χ4v) is 14.9. The number of nitrogens with two attached hydrogens (primary N) is 1. The molecule has 1 aliphatic rings. The molecule has 1 saturated heterocycles. The smallest absolute Gasteiger partial charge is 0.305 e. The second-order valence-corrected chi connectivity index (χ2v) is 32.4. The number of phenols is 1. The van der Waals surface area contributed by atoms with Crippen molar-refractivity contribution in [2.75, 3.05) is 66.4 Å². The van der Waals surface area contributed by atoms with Crippen molar-refractivity contribution in [2.45, 2.75) is 172 Å². The predicted molar refractivity (Wildman–Crippen MR) is 456 cm³/mol. The number of carboxylic acid groups (broad SMARTS) is 1. The lowest BCUT2D eigenvalue weighted by molar-refractivity contribution is -0.151. The van der Waals surface area contributed by atoms with Crippen LogP contribution in [0.5, 0.6) is 5.75 Å². The van der Waals surface area contributed by atoms with E-state index in [1.54, 1.807) is 149 Å². The number of phenolic OH excluding ortho intramolecular Hbond substituents is 1. The number of aliphatic carboxylic acids is 1. The van der Waals surface area contributed by atoms with E-state index in [0.29, 0.717) is 51.6 Å². The zero-order chi connectivity index (χ0) is 89.6. The topological polar surface area (TPSA) is 480 Å². The molecule has 0 saturated carbocycles. The Morgan fingerprint density at radius 3 is 1.56 bits per heavy atom. The van der Waals surface area contributed by atoms with Gasteiger partial charge in [0.25, 0.3) is 0 Å². The molecule has 0 bridgehead atoms. The number of rotatable bonds is 21. The third-order valence-corrected chi connectivity index (χ3v) is 21.8. The van der Waals surface area contributed by atoms with Gasteiger partial charge < -0.3 is 93.3 Å². The normalized spacial score (nSPS) is 22.5. The second kappa shape index (κ2) is 46.8. The predicted octanol–water partition coefficient (Wildman–Crippen LogP) is 1.40. The number of amides is 15. The standard InChI is InChI=1S/C87H114N16O18S/c1-12-13-33-68-85(119)100(8)48-73(107)93-64(44-75(109)110)81(115)98-76(52(4)5)87(121)102(10)69(41-55-27-19-15-20-28-55)82(116)96-65(40-57-34-36-59(104)37-35-57)83(117)99(7)47-72(106)92-63(43-58-45-89-61-32-24-23-31-60(58)61)79(113)91-53(6)77(111)95-62(38-51(2)3)80(114)97-67(78(112)90-46-71(88)105)49-122-50-74(108)94-66(39-54-25-17-14-18-26-54)84(118)103(11)70(86(120)101(68)9)42-56-29-21-16-22-30-56/h14-32,34-37,45,51-53,62-70,76,89,104H,12-13,33,38-44,46-50H2,1-11H3,(H2,88,105)(H,90,112)(H,91,113)(H,92,106)(H,93,107)(H,94,108)(H,95,111)(H,96,116)(H,97,114)(H,98,115)(H,109,110)/t53-,62-,63-,64-,65-,66-,67-,68-,69-,70-,76-/m0/s1. The third kappa shape index (κ3) is 29.1. The van der Waals surface area contributed by atoms with Crippen LogP contribution in [0.3, 0.4) is 0 Å². The molecule has 14 N–H and O–H groups in total. The molecule has 0 unspecified atom stereocenters. The summed E-state index contributed by atoms with van der Waals surface area (Å²) < 4.78 is 0. The lowest BCUT2D eigenvalue weighted by atomic mass is 9.98. The van der Waals surface area contributed by atoms with Gasteiger partial charge in [0.05, 0.1) is 31.8 Å². The fraction of sp³-hybridized carbons (Fsp3) is 0.448. The lowest BCUT2D eigenvalue weighted by Crippen LogP contribution is -2.61. The zero-order valence-corrected chi connectivity index (χ0v) is 71.4. The summed E-state index contributed by atoms with van der Waals surface area (Å²) in [4.78, 5) is 240. The van der Waals surface area contributed by atoms with E-state index >= 15 is 24.0 Å². The van der Waals surface area contributed by atoms with Crippen molar-refractivity contribution in [1.82, 2.24) is 77.3 Å². The maximum Gasteiger partial charge on any atom is 0.305 e.